The first-order valence-corrected chi connectivity index (χ1v) is 4.54. The molecule has 1 heteroatoms. The monoisotopic (exact) mass is 179 g/mol. The number of hydrogen-bond acceptors (Lipinski definition) is 0. The van der Waals surface area contributed by atoms with Crippen molar-refractivity contribution in [3.8, 4) is 0 Å². The molecule has 0 aromatic heterocycles. The minimum absolute atomic E-state index is 0.793. The van der Waals surface area contributed by atoms with Crippen LogP contribution in [-0.2, 0) is 0 Å². The van der Waals surface area contributed by atoms with Crippen LogP contribution in [0.15, 0.2) is 24.3 Å². The average Bonchev–Trinajstić information content (AvgIpc) is 2.09. The van der Waals surface area contributed by atoms with Gasteiger partial charge in [-0.2, -0.15) is 0 Å². The highest BCUT2D eigenvalue weighted by Crippen LogP contribution is 2.16. The minimum Gasteiger partial charge on any atom is -0.0839 e. The predicted octanol–water partition coefficient (Wildman–Crippen LogP) is 3.95. The summed E-state index contributed by atoms with van der Waals surface area (Å²) in [5, 5.41) is 0.793. The summed E-state index contributed by atoms with van der Waals surface area (Å²) in [6.45, 7) is 2.16. The van der Waals surface area contributed by atoms with Gasteiger partial charge in [0.05, 0.1) is 0 Å². The Morgan fingerprint density at radius 2 is 2.42 bits per heavy atom. The van der Waals surface area contributed by atoms with Crippen LogP contribution < -0.4 is 0 Å². The van der Waals surface area contributed by atoms with Crippen LogP contribution in [0.5, 0.6) is 0 Å². The Bertz CT molecular complexity index is 263. The smallest absolute Gasteiger partial charge is 0.0478 e. The average molecular weight is 180 g/mol. The quantitative estimate of drug-likeness (QED) is 0.659. The van der Waals surface area contributed by atoms with Gasteiger partial charge < -0.3 is 0 Å². The molecule has 0 atom stereocenters. The van der Waals surface area contributed by atoms with E-state index in [0.717, 1.165) is 17.0 Å². The van der Waals surface area contributed by atoms with Crippen molar-refractivity contribution in [2.45, 2.75) is 19.8 Å². The number of benzene rings is 1. The van der Waals surface area contributed by atoms with Crippen LogP contribution >= 0.6 is 11.6 Å². The number of allylic oxidation sites excluding steroid dienone is 1. The standard InChI is InChI=1S/C11H12Cl/c1-2-3-4-7-10-8-5-6-9-11(10)12/h4,6-9H,2-3H2,1H3. The third-order valence-corrected chi connectivity index (χ3v) is 1.94. The molecule has 0 heterocycles. The van der Waals surface area contributed by atoms with Gasteiger partial charge in [-0.05, 0) is 30.2 Å². The molecule has 0 saturated carbocycles. The van der Waals surface area contributed by atoms with Crippen LogP contribution in [0, 0.1) is 6.07 Å². The van der Waals surface area contributed by atoms with Crippen LogP contribution in [0.4, 0.5) is 0 Å². The van der Waals surface area contributed by atoms with E-state index in [-0.39, 0.29) is 0 Å². The van der Waals surface area contributed by atoms with Crippen molar-refractivity contribution in [2.75, 3.05) is 0 Å². The number of hydrogen-bond donors (Lipinski definition) is 0. The fourth-order valence-corrected chi connectivity index (χ4v) is 1.11. The molecule has 0 nitrogen and oxygen atoms in total. The Labute approximate surface area is 78.9 Å². The van der Waals surface area contributed by atoms with Gasteiger partial charge >= 0.3 is 0 Å². The van der Waals surface area contributed by atoms with Gasteiger partial charge in [0.25, 0.3) is 0 Å². The Kier molecular flexibility index (Phi) is 3.89. The van der Waals surface area contributed by atoms with Gasteiger partial charge in [-0.15, -0.1) is 0 Å². The summed E-state index contributed by atoms with van der Waals surface area (Å²) >= 11 is 5.93. The first-order valence-electron chi connectivity index (χ1n) is 4.16. The summed E-state index contributed by atoms with van der Waals surface area (Å²) in [7, 11) is 0. The molecular weight excluding hydrogens is 168 g/mol. The lowest BCUT2D eigenvalue weighted by Gasteiger charge is -1.94. The van der Waals surface area contributed by atoms with Crippen LogP contribution in [0.1, 0.15) is 25.3 Å². The molecule has 1 aromatic carbocycles. The molecule has 0 spiro atoms. The van der Waals surface area contributed by atoms with E-state index in [1.165, 1.54) is 6.42 Å². The highest BCUT2D eigenvalue weighted by atomic mass is 35.5. The summed E-state index contributed by atoms with van der Waals surface area (Å²) in [5.41, 5.74) is 1.05. The largest absolute Gasteiger partial charge is 0.0839 e. The van der Waals surface area contributed by atoms with Crippen LogP contribution in [-0.4, -0.2) is 0 Å². The Morgan fingerprint density at radius 3 is 3.08 bits per heavy atom. The normalized spacial score (nSPS) is 10.8. The maximum atomic E-state index is 5.93. The first-order chi connectivity index (χ1) is 5.84. The molecule has 0 aliphatic heterocycles. The Hall–Kier alpha value is -0.750. The topological polar surface area (TPSA) is 0 Å². The second-order valence-electron chi connectivity index (χ2n) is 2.64. The highest BCUT2D eigenvalue weighted by molar-refractivity contribution is 6.32. The Morgan fingerprint density at radius 1 is 1.58 bits per heavy atom. The van der Waals surface area contributed by atoms with E-state index in [4.69, 9.17) is 11.6 Å². The van der Waals surface area contributed by atoms with Crippen LogP contribution in [0.3, 0.4) is 0 Å². The molecule has 0 N–H and O–H groups in total. The van der Waals surface area contributed by atoms with E-state index in [9.17, 15) is 0 Å². The summed E-state index contributed by atoms with van der Waals surface area (Å²) in [4.78, 5) is 0. The van der Waals surface area contributed by atoms with Gasteiger partial charge in [0, 0.05) is 5.02 Å². The number of rotatable bonds is 3. The van der Waals surface area contributed by atoms with Crippen molar-refractivity contribution < 1.29 is 0 Å². The molecule has 0 saturated heterocycles. The van der Waals surface area contributed by atoms with E-state index in [1.807, 2.05) is 24.3 Å². The number of unbranched alkanes of at least 4 members (excludes halogenated alkanes) is 1. The zero-order valence-electron chi connectivity index (χ0n) is 7.18. The Balaban J connectivity index is 2.68. The maximum absolute atomic E-state index is 5.93. The zero-order chi connectivity index (χ0) is 8.81. The molecule has 63 valence electrons. The molecule has 0 aliphatic rings. The van der Waals surface area contributed by atoms with Crippen LogP contribution in [0.25, 0.3) is 6.08 Å². The van der Waals surface area contributed by atoms with Crippen molar-refractivity contribution >= 4 is 17.7 Å². The molecule has 0 bridgehead atoms. The molecule has 1 aromatic rings. The van der Waals surface area contributed by atoms with E-state index in [1.54, 1.807) is 0 Å². The molecule has 0 amide bonds. The molecule has 1 rings (SSSR count). The maximum Gasteiger partial charge on any atom is 0.0478 e. The van der Waals surface area contributed by atoms with Gasteiger partial charge in [-0.1, -0.05) is 43.2 Å². The van der Waals surface area contributed by atoms with Gasteiger partial charge in [-0.3, -0.25) is 0 Å². The third-order valence-electron chi connectivity index (χ3n) is 1.59. The van der Waals surface area contributed by atoms with Crippen molar-refractivity contribution in [3.05, 3.63) is 40.9 Å². The van der Waals surface area contributed by atoms with Gasteiger partial charge in [-0.25, -0.2) is 0 Å². The zero-order valence-corrected chi connectivity index (χ0v) is 7.93. The summed E-state index contributed by atoms with van der Waals surface area (Å²) in [5.74, 6) is 0. The SMILES string of the molecule is CCCC=Cc1c[c]ccc1Cl. The summed E-state index contributed by atoms with van der Waals surface area (Å²) in [6.07, 6.45) is 6.45. The third kappa shape index (κ3) is 2.71. The van der Waals surface area contributed by atoms with E-state index in [2.05, 4.69) is 19.1 Å². The van der Waals surface area contributed by atoms with E-state index in [0.29, 0.717) is 0 Å². The molecular formula is C11H12Cl. The fraction of sp³-hybridized carbons (Fsp3) is 0.273. The van der Waals surface area contributed by atoms with Gasteiger partial charge in [0.2, 0.25) is 0 Å². The molecule has 0 fully saturated rings. The van der Waals surface area contributed by atoms with Gasteiger partial charge in [0.15, 0.2) is 0 Å². The van der Waals surface area contributed by atoms with Crippen molar-refractivity contribution in [1.82, 2.24) is 0 Å². The second kappa shape index (κ2) is 5.00. The summed E-state index contributed by atoms with van der Waals surface area (Å²) < 4.78 is 0. The van der Waals surface area contributed by atoms with E-state index >= 15 is 0 Å². The van der Waals surface area contributed by atoms with E-state index < -0.39 is 0 Å². The summed E-state index contributed by atoms with van der Waals surface area (Å²) in [6, 6.07) is 8.56. The predicted molar refractivity (Wildman–Crippen MR) is 54.2 cm³/mol. The van der Waals surface area contributed by atoms with Crippen molar-refractivity contribution in [1.29, 1.82) is 0 Å². The second-order valence-corrected chi connectivity index (χ2v) is 3.05. The minimum atomic E-state index is 0.793. The van der Waals surface area contributed by atoms with Crippen LogP contribution in [0.2, 0.25) is 5.02 Å². The lowest BCUT2D eigenvalue weighted by Crippen LogP contribution is -1.73. The van der Waals surface area contributed by atoms with Crippen molar-refractivity contribution in [3.63, 3.8) is 0 Å². The van der Waals surface area contributed by atoms with Gasteiger partial charge in [0.1, 0.15) is 0 Å². The fourth-order valence-electron chi connectivity index (χ4n) is 0.929. The molecule has 0 aliphatic carbocycles. The lowest BCUT2D eigenvalue weighted by atomic mass is 10.2. The first kappa shape index (κ1) is 9.34. The lowest BCUT2D eigenvalue weighted by molar-refractivity contribution is 0.962. The number of halogens is 1. The highest BCUT2D eigenvalue weighted by Gasteiger charge is 1.91. The molecule has 12 heavy (non-hydrogen) atoms. The molecule has 1 radical (unpaired) electrons. The molecule has 0 unspecified atom stereocenters. The van der Waals surface area contributed by atoms with Crippen molar-refractivity contribution in [2.24, 2.45) is 0 Å².